The van der Waals surface area contributed by atoms with E-state index in [1.54, 1.807) is 7.11 Å². The van der Waals surface area contributed by atoms with E-state index in [1.165, 1.54) is 18.4 Å². The van der Waals surface area contributed by atoms with Crippen LogP contribution in [0.5, 0.6) is 11.5 Å². The first-order valence-corrected chi connectivity index (χ1v) is 8.04. The van der Waals surface area contributed by atoms with Crippen LogP contribution in [0.25, 0.3) is 0 Å². The van der Waals surface area contributed by atoms with Crippen molar-refractivity contribution in [1.82, 2.24) is 10.6 Å². The molecule has 0 spiro atoms. The monoisotopic (exact) mass is 292 g/mol. The van der Waals surface area contributed by atoms with E-state index < -0.39 is 0 Å². The molecule has 0 radical (unpaired) electrons. The summed E-state index contributed by atoms with van der Waals surface area (Å²) in [7, 11) is 1.69. The highest BCUT2D eigenvalue weighted by Gasteiger charge is 2.12. The van der Waals surface area contributed by atoms with Gasteiger partial charge in [-0.05, 0) is 62.5 Å². The molecule has 1 aliphatic heterocycles. The lowest BCUT2D eigenvalue weighted by Crippen LogP contribution is -2.33. The van der Waals surface area contributed by atoms with Gasteiger partial charge in [-0.15, -0.1) is 0 Å². The van der Waals surface area contributed by atoms with Crippen LogP contribution in [-0.2, 0) is 6.54 Å². The number of nitrogens with one attached hydrogen (secondary N) is 2. The molecule has 1 fully saturated rings. The smallest absolute Gasteiger partial charge is 0.161 e. The average Bonchev–Trinajstić information content (AvgIpc) is 2.54. The van der Waals surface area contributed by atoms with Crippen molar-refractivity contribution in [3.05, 3.63) is 23.8 Å². The van der Waals surface area contributed by atoms with E-state index in [2.05, 4.69) is 29.7 Å². The molecular weight excluding hydrogens is 264 g/mol. The van der Waals surface area contributed by atoms with Crippen molar-refractivity contribution in [2.24, 2.45) is 5.92 Å². The highest BCUT2D eigenvalue weighted by atomic mass is 16.5. The van der Waals surface area contributed by atoms with Crippen LogP contribution in [0.2, 0.25) is 0 Å². The number of ether oxygens (including phenoxy) is 2. The van der Waals surface area contributed by atoms with Gasteiger partial charge in [0.1, 0.15) is 0 Å². The summed E-state index contributed by atoms with van der Waals surface area (Å²) in [6.07, 6.45) is 3.56. The normalized spacial score (nSPS) is 15.9. The second-order valence-electron chi connectivity index (χ2n) is 5.66. The summed E-state index contributed by atoms with van der Waals surface area (Å²) in [5, 5.41) is 6.96. The van der Waals surface area contributed by atoms with E-state index in [-0.39, 0.29) is 0 Å². The number of rotatable bonds is 8. The summed E-state index contributed by atoms with van der Waals surface area (Å²) < 4.78 is 11.1. The number of hydrogen-bond donors (Lipinski definition) is 2. The molecule has 0 unspecified atom stereocenters. The van der Waals surface area contributed by atoms with Crippen LogP contribution in [0, 0.1) is 5.92 Å². The molecule has 21 heavy (non-hydrogen) atoms. The van der Waals surface area contributed by atoms with Gasteiger partial charge in [-0.1, -0.05) is 13.0 Å². The maximum absolute atomic E-state index is 5.68. The van der Waals surface area contributed by atoms with Crippen LogP contribution in [0.4, 0.5) is 0 Å². The Bertz CT molecular complexity index is 417. The summed E-state index contributed by atoms with van der Waals surface area (Å²) in [6, 6.07) is 6.19. The quantitative estimate of drug-likeness (QED) is 0.773. The van der Waals surface area contributed by atoms with Crippen LogP contribution >= 0.6 is 0 Å². The van der Waals surface area contributed by atoms with Gasteiger partial charge in [0.25, 0.3) is 0 Å². The predicted octanol–water partition coefficient (Wildman–Crippen LogP) is 2.57. The minimum absolute atomic E-state index is 0.726. The molecule has 2 rings (SSSR count). The Balaban J connectivity index is 1.82. The molecule has 1 saturated heterocycles. The lowest BCUT2D eigenvalue weighted by atomic mass is 9.98. The van der Waals surface area contributed by atoms with Gasteiger partial charge in [-0.2, -0.15) is 0 Å². The van der Waals surface area contributed by atoms with E-state index in [1.807, 2.05) is 6.07 Å². The number of benzene rings is 1. The Kier molecular flexibility index (Phi) is 6.83. The summed E-state index contributed by atoms with van der Waals surface area (Å²) >= 11 is 0. The summed E-state index contributed by atoms with van der Waals surface area (Å²) in [5.74, 6) is 2.46. The second kappa shape index (κ2) is 8.90. The lowest BCUT2D eigenvalue weighted by Gasteiger charge is -2.22. The molecule has 0 aromatic heterocycles. The van der Waals surface area contributed by atoms with E-state index in [9.17, 15) is 0 Å². The highest BCUT2D eigenvalue weighted by Crippen LogP contribution is 2.28. The molecule has 1 aromatic rings. The fraction of sp³-hybridized carbons (Fsp3) is 0.647. The lowest BCUT2D eigenvalue weighted by molar-refractivity contribution is 0.294. The van der Waals surface area contributed by atoms with Gasteiger partial charge in [0, 0.05) is 6.54 Å². The van der Waals surface area contributed by atoms with Crippen molar-refractivity contribution in [2.45, 2.75) is 32.7 Å². The summed E-state index contributed by atoms with van der Waals surface area (Å²) in [5.41, 5.74) is 1.24. The zero-order chi connectivity index (χ0) is 14.9. The van der Waals surface area contributed by atoms with E-state index in [4.69, 9.17) is 9.47 Å². The first-order valence-electron chi connectivity index (χ1n) is 8.04. The summed E-state index contributed by atoms with van der Waals surface area (Å²) in [6.45, 7) is 7.12. The topological polar surface area (TPSA) is 42.5 Å². The van der Waals surface area contributed by atoms with Crippen molar-refractivity contribution in [3.63, 3.8) is 0 Å². The van der Waals surface area contributed by atoms with Gasteiger partial charge < -0.3 is 20.1 Å². The van der Waals surface area contributed by atoms with Gasteiger partial charge in [-0.25, -0.2) is 0 Å². The van der Waals surface area contributed by atoms with Crippen molar-refractivity contribution in [3.8, 4) is 11.5 Å². The van der Waals surface area contributed by atoms with E-state index >= 15 is 0 Å². The maximum Gasteiger partial charge on any atom is 0.161 e. The second-order valence-corrected chi connectivity index (χ2v) is 5.66. The Labute approximate surface area is 128 Å². The zero-order valence-electron chi connectivity index (χ0n) is 13.3. The molecule has 1 heterocycles. The van der Waals surface area contributed by atoms with Crippen molar-refractivity contribution >= 4 is 0 Å². The molecule has 0 aliphatic carbocycles. The molecule has 118 valence electrons. The van der Waals surface area contributed by atoms with Crippen molar-refractivity contribution in [1.29, 1.82) is 0 Å². The largest absolute Gasteiger partial charge is 0.493 e. The Morgan fingerprint density at radius 2 is 2.05 bits per heavy atom. The SMILES string of the molecule is CCCOc1ccc(CNCC2CCNCC2)cc1OC. The minimum atomic E-state index is 0.726. The van der Waals surface area contributed by atoms with Gasteiger partial charge >= 0.3 is 0 Å². The molecule has 1 aromatic carbocycles. The third-order valence-electron chi connectivity index (χ3n) is 3.91. The van der Waals surface area contributed by atoms with Crippen molar-refractivity contribution in [2.75, 3.05) is 33.4 Å². The fourth-order valence-electron chi connectivity index (χ4n) is 2.66. The molecular formula is C17H28N2O2. The van der Waals surface area contributed by atoms with Crippen molar-refractivity contribution < 1.29 is 9.47 Å². The first kappa shape index (κ1) is 16.1. The van der Waals surface area contributed by atoms with Crippen LogP contribution in [0.15, 0.2) is 18.2 Å². The standard InChI is InChI=1S/C17H28N2O2/c1-3-10-21-16-5-4-15(11-17(16)20-2)13-19-12-14-6-8-18-9-7-14/h4-5,11,14,18-19H,3,6-10,12-13H2,1-2H3. The Hall–Kier alpha value is -1.26. The van der Waals surface area contributed by atoms with Gasteiger partial charge in [0.05, 0.1) is 13.7 Å². The molecule has 4 nitrogen and oxygen atoms in total. The zero-order valence-corrected chi connectivity index (χ0v) is 13.3. The van der Waals surface area contributed by atoms with Crippen LogP contribution in [-0.4, -0.2) is 33.4 Å². The Morgan fingerprint density at radius 1 is 1.24 bits per heavy atom. The predicted molar refractivity (Wildman–Crippen MR) is 86.1 cm³/mol. The first-order chi connectivity index (χ1) is 10.3. The van der Waals surface area contributed by atoms with Crippen LogP contribution < -0.4 is 20.1 Å². The van der Waals surface area contributed by atoms with Crippen LogP contribution in [0.1, 0.15) is 31.7 Å². The van der Waals surface area contributed by atoms with Gasteiger partial charge in [0.15, 0.2) is 11.5 Å². The highest BCUT2D eigenvalue weighted by molar-refractivity contribution is 5.42. The summed E-state index contributed by atoms with van der Waals surface area (Å²) in [4.78, 5) is 0. The average molecular weight is 292 g/mol. The molecule has 0 bridgehead atoms. The number of piperidine rings is 1. The van der Waals surface area contributed by atoms with Crippen LogP contribution in [0.3, 0.4) is 0 Å². The molecule has 4 heteroatoms. The Morgan fingerprint density at radius 3 is 2.76 bits per heavy atom. The van der Waals surface area contributed by atoms with E-state index in [0.717, 1.165) is 56.6 Å². The minimum Gasteiger partial charge on any atom is -0.493 e. The number of methoxy groups -OCH3 is 1. The molecule has 0 saturated carbocycles. The van der Waals surface area contributed by atoms with Gasteiger partial charge in [-0.3, -0.25) is 0 Å². The third-order valence-corrected chi connectivity index (χ3v) is 3.91. The van der Waals surface area contributed by atoms with E-state index in [0.29, 0.717) is 0 Å². The molecule has 0 amide bonds. The third kappa shape index (κ3) is 5.21. The van der Waals surface area contributed by atoms with Gasteiger partial charge in [0.2, 0.25) is 0 Å². The molecule has 0 atom stereocenters. The maximum atomic E-state index is 5.68. The molecule has 2 N–H and O–H groups in total. The number of hydrogen-bond acceptors (Lipinski definition) is 4. The fourth-order valence-corrected chi connectivity index (χ4v) is 2.66. The molecule has 1 aliphatic rings.